The first-order chi connectivity index (χ1) is 9.22. The molecule has 2 N–H and O–H groups in total. The fraction of sp³-hybridized carbons (Fsp3) is 0.333. The van der Waals surface area contributed by atoms with Crippen molar-refractivity contribution in [2.24, 2.45) is 5.73 Å². The van der Waals surface area contributed by atoms with Crippen LogP contribution >= 0.6 is 0 Å². The van der Waals surface area contributed by atoms with E-state index < -0.39 is 0 Å². The highest BCUT2D eigenvalue weighted by molar-refractivity contribution is 5.25. The summed E-state index contributed by atoms with van der Waals surface area (Å²) in [6, 6.07) is 8.96. The summed E-state index contributed by atoms with van der Waals surface area (Å²) in [5.41, 5.74) is 7.15. The van der Waals surface area contributed by atoms with E-state index in [1.165, 1.54) is 6.07 Å². The first kappa shape index (κ1) is 13.8. The van der Waals surface area contributed by atoms with E-state index in [0.717, 1.165) is 31.0 Å². The van der Waals surface area contributed by atoms with Crippen LogP contribution in [0.15, 0.2) is 41.0 Å². The summed E-state index contributed by atoms with van der Waals surface area (Å²) >= 11 is 0. The lowest BCUT2D eigenvalue weighted by Gasteiger charge is -2.19. The smallest absolute Gasteiger partial charge is 0.127 e. The van der Waals surface area contributed by atoms with Crippen molar-refractivity contribution < 1.29 is 8.81 Å². The summed E-state index contributed by atoms with van der Waals surface area (Å²) in [6.07, 6.45) is 1.67. The maximum absolute atomic E-state index is 13.4. The first-order valence-corrected chi connectivity index (χ1v) is 6.45. The van der Waals surface area contributed by atoms with Crippen molar-refractivity contribution in [2.45, 2.75) is 26.6 Å². The largest absolute Gasteiger partial charge is 0.468 e. The lowest BCUT2D eigenvalue weighted by atomic mass is 10.1. The summed E-state index contributed by atoms with van der Waals surface area (Å²) in [6.45, 7) is 4.72. The molecule has 0 bridgehead atoms. The zero-order valence-electron chi connectivity index (χ0n) is 11.1. The Bertz CT molecular complexity index is 511. The fourth-order valence-corrected chi connectivity index (χ4v) is 2.04. The second-order valence-electron chi connectivity index (χ2n) is 4.51. The van der Waals surface area contributed by atoms with Crippen LogP contribution in [0.3, 0.4) is 0 Å². The number of nitrogens with zero attached hydrogens (tertiary/aromatic N) is 1. The summed E-state index contributed by atoms with van der Waals surface area (Å²) in [7, 11) is 0. The van der Waals surface area contributed by atoms with Crippen molar-refractivity contribution in [3.8, 4) is 0 Å². The molecule has 1 aromatic heterocycles. The number of benzene rings is 1. The first-order valence-electron chi connectivity index (χ1n) is 6.45. The molecule has 0 fully saturated rings. The Balaban J connectivity index is 2.05. The van der Waals surface area contributed by atoms with Gasteiger partial charge in [-0.25, -0.2) is 4.39 Å². The summed E-state index contributed by atoms with van der Waals surface area (Å²) in [5, 5.41) is 0. The number of furan rings is 1. The molecule has 19 heavy (non-hydrogen) atoms. The summed E-state index contributed by atoms with van der Waals surface area (Å²) < 4.78 is 18.7. The predicted molar refractivity (Wildman–Crippen MR) is 72.8 cm³/mol. The highest BCUT2D eigenvalue weighted by atomic mass is 19.1. The average molecular weight is 262 g/mol. The second-order valence-corrected chi connectivity index (χ2v) is 4.51. The molecule has 0 atom stereocenters. The Morgan fingerprint density at radius 3 is 2.74 bits per heavy atom. The minimum Gasteiger partial charge on any atom is -0.468 e. The van der Waals surface area contributed by atoms with E-state index in [0.29, 0.717) is 5.56 Å². The van der Waals surface area contributed by atoms with E-state index in [2.05, 4.69) is 11.8 Å². The molecule has 0 aliphatic heterocycles. The van der Waals surface area contributed by atoms with Crippen LogP contribution in [0, 0.1) is 5.82 Å². The van der Waals surface area contributed by atoms with E-state index >= 15 is 0 Å². The van der Waals surface area contributed by atoms with Gasteiger partial charge in [-0.3, -0.25) is 4.90 Å². The number of hydrogen-bond acceptors (Lipinski definition) is 3. The van der Waals surface area contributed by atoms with Crippen molar-refractivity contribution in [1.29, 1.82) is 0 Å². The number of hydrogen-bond donors (Lipinski definition) is 1. The van der Waals surface area contributed by atoms with E-state index in [4.69, 9.17) is 10.2 Å². The topological polar surface area (TPSA) is 42.4 Å². The van der Waals surface area contributed by atoms with Gasteiger partial charge in [0.2, 0.25) is 0 Å². The Kier molecular flexibility index (Phi) is 4.71. The van der Waals surface area contributed by atoms with Gasteiger partial charge in [0.05, 0.1) is 12.8 Å². The Hall–Kier alpha value is -1.65. The van der Waals surface area contributed by atoms with Gasteiger partial charge in [0.25, 0.3) is 0 Å². The van der Waals surface area contributed by atoms with E-state index in [9.17, 15) is 4.39 Å². The van der Waals surface area contributed by atoms with Crippen molar-refractivity contribution in [1.82, 2.24) is 4.90 Å². The van der Waals surface area contributed by atoms with Crippen LogP contribution < -0.4 is 5.73 Å². The summed E-state index contributed by atoms with van der Waals surface area (Å²) in [4.78, 5) is 2.23. The Morgan fingerprint density at radius 1 is 1.26 bits per heavy atom. The van der Waals surface area contributed by atoms with Crippen LogP contribution in [0.4, 0.5) is 4.39 Å². The van der Waals surface area contributed by atoms with Crippen LogP contribution in [-0.4, -0.2) is 11.4 Å². The third-order valence-electron chi connectivity index (χ3n) is 3.14. The maximum atomic E-state index is 13.4. The molecule has 0 aliphatic carbocycles. The third kappa shape index (κ3) is 3.66. The number of nitrogens with two attached hydrogens (primary N) is 1. The molecule has 102 valence electrons. The monoisotopic (exact) mass is 262 g/mol. The van der Waals surface area contributed by atoms with Gasteiger partial charge in [0.1, 0.15) is 11.6 Å². The minimum atomic E-state index is -0.236. The highest BCUT2D eigenvalue weighted by Crippen LogP contribution is 2.14. The Labute approximate surface area is 112 Å². The molecule has 3 nitrogen and oxygen atoms in total. The number of rotatable bonds is 6. The third-order valence-corrected chi connectivity index (χ3v) is 3.14. The summed E-state index contributed by atoms with van der Waals surface area (Å²) in [5.74, 6) is 0.698. The molecular formula is C15H19FN2O. The highest BCUT2D eigenvalue weighted by Gasteiger charge is 2.08. The van der Waals surface area contributed by atoms with Crippen LogP contribution in [0.1, 0.15) is 23.8 Å². The van der Waals surface area contributed by atoms with Crippen LogP contribution in [-0.2, 0) is 19.6 Å². The molecule has 4 heteroatoms. The zero-order chi connectivity index (χ0) is 13.7. The minimum absolute atomic E-state index is 0.226. The second kappa shape index (κ2) is 6.50. The van der Waals surface area contributed by atoms with E-state index in [1.54, 1.807) is 12.3 Å². The molecule has 0 unspecified atom stereocenters. The quantitative estimate of drug-likeness (QED) is 0.870. The molecule has 0 saturated heterocycles. The van der Waals surface area contributed by atoms with Crippen molar-refractivity contribution in [2.75, 3.05) is 6.54 Å². The lowest BCUT2D eigenvalue weighted by Crippen LogP contribution is -2.22. The van der Waals surface area contributed by atoms with Crippen LogP contribution in [0.5, 0.6) is 0 Å². The molecule has 1 heterocycles. The predicted octanol–water partition coefficient (Wildman–Crippen LogP) is 2.90. The maximum Gasteiger partial charge on any atom is 0.127 e. The van der Waals surface area contributed by atoms with E-state index in [1.807, 2.05) is 18.2 Å². The molecule has 2 aromatic rings. The van der Waals surface area contributed by atoms with Crippen molar-refractivity contribution in [3.63, 3.8) is 0 Å². The molecule has 2 rings (SSSR count). The normalized spacial score (nSPS) is 11.2. The van der Waals surface area contributed by atoms with Crippen LogP contribution in [0.25, 0.3) is 0 Å². The van der Waals surface area contributed by atoms with Crippen LogP contribution in [0.2, 0.25) is 0 Å². The van der Waals surface area contributed by atoms with E-state index in [-0.39, 0.29) is 12.4 Å². The van der Waals surface area contributed by atoms with Gasteiger partial charge < -0.3 is 10.2 Å². The number of halogens is 1. The Morgan fingerprint density at radius 2 is 2.11 bits per heavy atom. The van der Waals surface area contributed by atoms with Gasteiger partial charge >= 0.3 is 0 Å². The van der Waals surface area contributed by atoms with Gasteiger partial charge in [-0.05, 0) is 30.3 Å². The molecule has 0 radical (unpaired) electrons. The van der Waals surface area contributed by atoms with Gasteiger partial charge in [-0.2, -0.15) is 0 Å². The lowest BCUT2D eigenvalue weighted by molar-refractivity contribution is 0.247. The van der Waals surface area contributed by atoms with Gasteiger partial charge in [0.15, 0.2) is 0 Å². The molecule has 1 aromatic carbocycles. The van der Waals surface area contributed by atoms with Gasteiger partial charge in [-0.15, -0.1) is 0 Å². The zero-order valence-corrected chi connectivity index (χ0v) is 11.1. The molecule has 0 spiro atoms. The standard InChI is InChI=1S/C15H19FN2O/c1-2-18(11-14-4-3-7-19-14)10-12-5-6-15(16)13(8-12)9-17/h3-8H,2,9-11,17H2,1H3. The van der Waals surface area contributed by atoms with Crippen molar-refractivity contribution in [3.05, 3.63) is 59.3 Å². The molecule has 0 saturated carbocycles. The average Bonchev–Trinajstić information content (AvgIpc) is 2.93. The molecular weight excluding hydrogens is 243 g/mol. The molecule has 0 aliphatic rings. The molecule has 0 amide bonds. The van der Waals surface area contributed by atoms with Crippen molar-refractivity contribution >= 4 is 0 Å². The fourth-order valence-electron chi connectivity index (χ4n) is 2.04. The van der Waals surface area contributed by atoms with Gasteiger partial charge in [-0.1, -0.05) is 19.1 Å². The SMILES string of the molecule is CCN(Cc1ccc(F)c(CN)c1)Cc1ccco1. The van der Waals surface area contributed by atoms with Gasteiger partial charge in [0, 0.05) is 18.7 Å².